The summed E-state index contributed by atoms with van der Waals surface area (Å²) in [6.45, 7) is 6.32. The van der Waals surface area contributed by atoms with Gasteiger partial charge in [0.2, 0.25) is 0 Å². The van der Waals surface area contributed by atoms with E-state index in [-0.39, 0.29) is 31.1 Å². The highest BCUT2D eigenvalue weighted by Gasteiger charge is 2.19. The lowest BCUT2D eigenvalue weighted by atomic mass is 10.0. The molecule has 0 aliphatic carbocycles. The summed E-state index contributed by atoms with van der Waals surface area (Å²) in [7, 11) is 0. The molecule has 72 heavy (non-hydrogen) atoms. The number of hydrogen-bond donors (Lipinski definition) is 0. The molecule has 0 amide bonds. The lowest BCUT2D eigenvalue weighted by Crippen LogP contribution is -2.30. The van der Waals surface area contributed by atoms with Crippen molar-refractivity contribution in [1.29, 1.82) is 0 Å². The quantitative estimate of drug-likeness (QED) is 0.0261. The molecule has 1 unspecified atom stereocenters. The number of carbonyl (C=O) groups excluding carboxylic acids is 3. The molecule has 0 fully saturated rings. The maximum Gasteiger partial charge on any atom is 0.306 e. The van der Waals surface area contributed by atoms with Gasteiger partial charge in [-0.15, -0.1) is 0 Å². The molecule has 0 radical (unpaired) electrons. The van der Waals surface area contributed by atoms with E-state index in [1.165, 1.54) is 70.6 Å². The number of esters is 3. The molecule has 6 nitrogen and oxygen atoms in total. The zero-order chi connectivity index (χ0) is 52.2. The fraction of sp³-hybridized carbons (Fsp3) is 0.652. The van der Waals surface area contributed by atoms with Crippen LogP contribution in [0.5, 0.6) is 0 Å². The van der Waals surface area contributed by atoms with Crippen LogP contribution in [0.1, 0.15) is 258 Å². The third-order valence-electron chi connectivity index (χ3n) is 12.2. The third-order valence-corrected chi connectivity index (χ3v) is 12.2. The first kappa shape index (κ1) is 67.8. The predicted octanol–water partition coefficient (Wildman–Crippen LogP) is 20.0. The molecule has 1 atom stereocenters. The summed E-state index contributed by atoms with van der Waals surface area (Å²) in [6, 6.07) is 0. The molecule has 0 heterocycles. The van der Waals surface area contributed by atoms with Crippen molar-refractivity contribution in [3.8, 4) is 0 Å². The third kappa shape index (κ3) is 56.7. The van der Waals surface area contributed by atoms with Crippen LogP contribution in [0.3, 0.4) is 0 Å². The Morgan fingerprint density at radius 2 is 0.542 bits per heavy atom. The molecule has 0 aromatic heterocycles. The molecule has 408 valence electrons. The Morgan fingerprint density at radius 1 is 0.292 bits per heavy atom. The molecule has 0 aliphatic heterocycles. The van der Waals surface area contributed by atoms with Crippen molar-refractivity contribution in [1.82, 2.24) is 0 Å². The van der Waals surface area contributed by atoms with Crippen molar-refractivity contribution >= 4 is 17.9 Å². The highest BCUT2D eigenvalue weighted by atomic mass is 16.6. The predicted molar refractivity (Wildman–Crippen MR) is 311 cm³/mol. The lowest BCUT2D eigenvalue weighted by Gasteiger charge is -2.18. The summed E-state index contributed by atoms with van der Waals surface area (Å²) in [4.78, 5) is 38.1. The largest absolute Gasteiger partial charge is 0.462 e. The van der Waals surface area contributed by atoms with Gasteiger partial charge in [-0.05, 0) is 122 Å². The first-order valence-electron chi connectivity index (χ1n) is 29.5. The normalized spacial score (nSPS) is 13.0. The summed E-state index contributed by atoms with van der Waals surface area (Å²) in [5.41, 5.74) is 0. The second-order valence-corrected chi connectivity index (χ2v) is 19.1. The lowest BCUT2D eigenvalue weighted by molar-refractivity contribution is -0.167. The minimum Gasteiger partial charge on any atom is -0.462 e. The standard InChI is InChI=1S/C66H108O6/c1-4-7-10-13-16-19-22-24-26-28-29-30-31-32-33-34-35-36-37-39-40-42-44-47-50-53-56-59-65(68)71-62-63(61-70-64(67)58-55-52-49-46-21-18-15-12-9-6-3)72-66(69)60-57-54-51-48-45-43-41-38-27-25-23-20-17-14-11-8-5-2/h7-8,10-12,15-17,19-20,24-27,29-30,32-33,41,43,63H,4-6,9,13-14,18,21-23,28,31,34-40,42,44-62H2,1-3H3/b10-7-,11-8-,15-12-,19-16-,20-17-,26-24-,27-25-,30-29-,33-32-,43-41-. The molecule has 0 aliphatic rings. The number of rotatable bonds is 52. The van der Waals surface area contributed by atoms with E-state index in [4.69, 9.17) is 14.2 Å². The summed E-state index contributed by atoms with van der Waals surface area (Å²) in [6.07, 6.45) is 82.0. The van der Waals surface area contributed by atoms with Gasteiger partial charge in [0.05, 0.1) is 0 Å². The molecule has 0 saturated carbocycles. The van der Waals surface area contributed by atoms with Crippen LogP contribution in [-0.4, -0.2) is 37.2 Å². The van der Waals surface area contributed by atoms with Crippen molar-refractivity contribution in [2.75, 3.05) is 13.2 Å². The monoisotopic (exact) mass is 997 g/mol. The average Bonchev–Trinajstić information content (AvgIpc) is 3.38. The summed E-state index contributed by atoms with van der Waals surface area (Å²) < 4.78 is 16.8. The molecule has 0 aromatic carbocycles. The number of hydrogen-bond acceptors (Lipinski definition) is 6. The van der Waals surface area contributed by atoms with Gasteiger partial charge in [0.25, 0.3) is 0 Å². The molecule has 0 rings (SSSR count). The Hall–Kier alpha value is -4.19. The molecule has 0 bridgehead atoms. The highest BCUT2D eigenvalue weighted by Crippen LogP contribution is 2.15. The SMILES string of the molecule is CC/C=C\C/C=C\C/C=C\C/C=C\C/C=C\CCCCCCCCCCCCCC(=O)OCC(COC(=O)CCCCCCC/C=C\CCC)OC(=O)CCCCCC/C=C\C/C=C\C/C=C\C/C=C\CC. The van der Waals surface area contributed by atoms with E-state index >= 15 is 0 Å². The minimum atomic E-state index is -0.798. The van der Waals surface area contributed by atoms with E-state index in [1.54, 1.807) is 0 Å². The van der Waals surface area contributed by atoms with Crippen LogP contribution in [0.25, 0.3) is 0 Å². The molecular weight excluding hydrogens is 889 g/mol. The van der Waals surface area contributed by atoms with Crippen molar-refractivity contribution in [3.05, 3.63) is 122 Å². The van der Waals surface area contributed by atoms with Crippen molar-refractivity contribution in [2.24, 2.45) is 0 Å². The average molecular weight is 998 g/mol. The Morgan fingerprint density at radius 3 is 0.861 bits per heavy atom. The first-order chi connectivity index (χ1) is 35.5. The van der Waals surface area contributed by atoms with E-state index in [0.29, 0.717) is 19.3 Å². The number of allylic oxidation sites excluding steroid dienone is 20. The van der Waals surface area contributed by atoms with Gasteiger partial charge in [0.1, 0.15) is 13.2 Å². The van der Waals surface area contributed by atoms with Crippen LogP contribution in [0, 0.1) is 0 Å². The zero-order valence-electron chi connectivity index (χ0n) is 46.7. The van der Waals surface area contributed by atoms with Crippen LogP contribution in [0.2, 0.25) is 0 Å². The molecule has 0 aromatic rings. The Bertz CT molecular complexity index is 1520. The van der Waals surface area contributed by atoms with Gasteiger partial charge in [0.15, 0.2) is 6.10 Å². The highest BCUT2D eigenvalue weighted by molar-refractivity contribution is 5.71. The fourth-order valence-corrected chi connectivity index (χ4v) is 7.82. The van der Waals surface area contributed by atoms with Crippen LogP contribution in [0.15, 0.2) is 122 Å². The maximum absolute atomic E-state index is 12.8. The number of unbranched alkanes of at least 4 members (excludes halogenated alkanes) is 21. The number of ether oxygens (including phenoxy) is 3. The van der Waals surface area contributed by atoms with Crippen LogP contribution >= 0.6 is 0 Å². The Balaban J connectivity index is 4.29. The molecular formula is C66H108O6. The summed E-state index contributed by atoms with van der Waals surface area (Å²) in [5.74, 6) is -0.933. The van der Waals surface area contributed by atoms with Crippen molar-refractivity contribution < 1.29 is 28.6 Å². The molecule has 0 spiro atoms. The Labute approximate surface area is 443 Å². The zero-order valence-corrected chi connectivity index (χ0v) is 46.7. The fourth-order valence-electron chi connectivity index (χ4n) is 7.82. The molecule has 0 saturated heterocycles. The van der Waals surface area contributed by atoms with Gasteiger partial charge in [-0.1, -0.05) is 239 Å². The van der Waals surface area contributed by atoms with Crippen LogP contribution in [0.4, 0.5) is 0 Å². The van der Waals surface area contributed by atoms with Crippen molar-refractivity contribution in [3.63, 3.8) is 0 Å². The van der Waals surface area contributed by atoms with E-state index in [0.717, 1.165) is 148 Å². The van der Waals surface area contributed by atoms with E-state index < -0.39 is 6.10 Å². The second-order valence-electron chi connectivity index (χ2n) is 19.1. The second kappa shape index (κ2) is 59.4. The van der Waals surface area contributed by atoms with E-state index in [9.17, 15) is 14.4 Å². The topological polar surface area (TPSA) is 78.9 Å². The minimum absolute atomic E-state index is 0.0944. The van der Waals surface area contributed by atoms with Crippen LogP contribution in [-0.2, 0) is 28.6 Å². The van der Waals surface area contributed by atoms with E-state index in [2.05, 4.69) is 142 Å². The molecule has 6 heteroatoms. The first-order valence-corrected chi connectivity index (χ1v) is 29.5. The molecule has 0 N–H and O–H groups in total. The van der Waals surface area contributed by atoms with Gasteiger partial charge in [-0.3, -0.25) is 14.4 Å². The van der Waals surface area contributed by atoms with Gasteiger partial charge >= 0.3 is 17.9 Å². The van der Waals surface area contributed by atoms with Gasteiger partial charge in [-0.25, -0.2) is 0 Å². The van der Waals surface area contributed by atoms with Crippen molar-refractivity contribution in [2.45, 2.75) is 264 Å². The smallest absolute Gasteiger partial charge is 0.306 e. The summed E-state index contributed by atoms with van der Waals surface area (Å²) in [5, 5.41) is 0. The van der Waals surface area contributed by atoms with Gasteiger partial charge in [-0.2, -0.15) is 0 Å². The number of carbonyl (C=O) groups is 3. The van der Waals surface area contributed by atoms with Gasteiger partial charge in [0, 0.05) is 19.3 Å². The summed E-state index contributed by atoms with van der Waals surface area (Å²) >= 11 is 0. The Kier molecular flexibility index (Phi) is 55.9. The van der Waals surface area contributed by atoms with Crippen LogP contribution < -0.4 is 0 Å². The van der Waals surface area contributed by atoms with E-state index in [1.807, 2.05) is 0 Å². The van der Waals surface area contributed by atoms with Gasteiger partial charge < -0.3 is 14.2 Å². The maximum atomic E-state index is 12.8.